The number of amides is 1. The van der Waals surface area contributed by atoms with Crippen molar-refractivity contribution in [3.8, 4) is 0 Å². The summed E-state index contributed by atoms with van der Waals surface area (Å²) in [6, 6.07) is 5.75. The van der Waals surface area contributed by atoms with E-state index >= 15 is 0 Å². The van der Waals surface area contributed by atoms with Crippen LogP contribution in [0.25, 0.3) is 0 Å². The molecular weight excluding hydrogens is 308 g/mol. The Morgan fingerprint density at radius 3 is 2.36 bits per heavy atom. The molecule has 0 bridgehead atoms. The van der Waals surface area contributed by atoms with Crippen LogP contribution in [-0.4, -0.2) is 47.3 Å². The van der Waals surface area contributed by atoms with E-state index in [4.69, 9.17) is 9.47 Å². The van der Waals surface area contributed by atoms with Crippen molar-refractivity contribution in [1.29, 1.82) is 0 Å². The molecule has 0 saturated carbocycles. The second-order valence-electron chi connectivity index (χ2n) is 4.89. The molecule has 1 aromatic rings. The maximum absolute atomic E-state index is 11.9. The molecule has 0 radical (unpaired) electrons. The van der Waals surface area contributed by atoms with Crippen LogP contribution in [-0.2, 0) is 24.3 Å². The Labute approximate surface area is 131 Å². The zero-order valence-corrected chi connectivity index (χ0v) is 13.8. The van der Waals surface area contributed by atoms with Crippen LogP contribution in [0.5, 0.6) is 0 Å². The summed E-state index contributed by atoms with van der Waals surface area (Å²) in [6.07, 6.45) is 0. The zero-order valence-electron chi connectivity index (χ0n) is 13.0. The molecule has 0 aliphatic carbocycles. The van der Waals surface area contributed by atoms with Gasteiger partial charge in [-0.3, -0.25) is 4.79 Å². The number of sulfonamides is 1. The Morgan fingerprint density at radius 1 is 1.18 bits per heavy atom. The lowest BCUT2D eigenvalue weighted by Crippen LogP contribution is -2.30. The highest BCUT2D eigenvalue weighted by Gasteiger charge is 2.15. The van der Waals surface area contributed by atoms with Crippen LogP contribution in [0.3, 0.4) is 0 Å². The van der Waals surface area contributed by atoms with Gasteiger partial charge in [-0.05, 0) is 38.1 Å². The number of ether oxygens (including phenoxy) is 2. The fourth-order valence-electron chi connectivity index (χ4n) is 1.60. The quantitative estimate of drug-likeness (QED) is 0.658. The summed E-state index contributed by atoms with van der Waals surface area (Å²) in [6.45, 7) is 4.16. The van der Waals surface area contributed by atoms with Gasteiger partial charge in [0.15, 0.2) is 0 Å². The second-order valence-corrected chi connectivity index (χ2v) is 6.61. The molecular formula is C14H22N2O5S. The van der Waals surface area contributed by atoms with E-state index < -0.39 is 10.0 Å². The van der Waals surface area contributed by atoms with Crippen molar-refractivity contribution in [3.05, 3.63) is 24.3 Å². The van der Waals surface area contributed by atoms with Crippen LogP contribution in [0.1, 0.15) is 13.8 Å². The van der Waals surface area contributed by atoms with Gasteiger partial charge in [-0.1, -0.05) is 0 Å². The minimum absolute atomic E-state index is 0.0850. The molecule has 0 aliphatic heterocycles. The molecule has 0 aliphatic rings. The van der Waals surface area contributed by atoms with E-state index in [9.17, 15) is 13.2 Å². The normalized spacial score (nSPS) is 11.6. The molecule has 0 unspecified atom stereocenters. The summed E-state index contributed by atoms with van der Waals surface area (Å²) in [5.41, 5.74) is 0.504. The van der Waals surface area contributed by atoms with E-state index in [0.29, 0.717) is 18.9 Å². The van der Waals surface area contributed by atoms with Gasteiger partial charge in [0.05, 0.1) is 18.1 Å². The lowest BCUT2D eigenvalue weighted by molar-refractivity contribution is -0.121. The number of carbonyl (C=O) groups is 1. The molecule has 0 fully saturated rings. The van der Waals surface area contributed by atoms with Gasteiger partial charge >= 0.3 is 0 Å². The monoisotopic (exact) mass is 330 g/mol. The van der Waals surface area contributed by atoms with Gasteiger partial charge in [0.25, 0.3) is 0 Å². The number of methoxy groups -OCH3 is 1. The summed E-state index contributed by atoms with van der Waals surface area (Å²) >= 11 is 0. The maximum atomic E-state index is 11.9. The van der Waals surface area contributed by atoms with Crippen molar-refractivity contribution < 1.29 is 22.7 Å². The van der Waals surface area contributed by atoms with Crippen molar-refractivity contribution >= 4 is 21.6 Å². The van der Waals surface area contributed by atoms with E-state index in [-0.39, 0.29) is 23.5 Å². The first-order valence-corrected chi connectivity index (χ1v) is 8.32. The number of nitrogens with one attached hydrogen (secondary N) is 2. The molecule has 7 nitrogen and oxygen atoms in total. The van der Waals surface area contributed by atoms with Crippen molar-refractivity contribution in [2.75, 3.05) is 32.2 Å². The summed E-state index contributed by atoms with van der Waals surface area (Å²) in [5.74, 6) is -0.313. The highest BCUT2D eigenvalue weighted by atomic mass is 32.2. The van der Waals surface area contributed by atoms with Crippen molar-refractivity contribution in [3.63, 3.8) is 0 Å². The number of rotatable bonds is 9. The van der Waals surface area contributed by atoms with E-state index in [1.54, 1.807) is 21.0 Å². The van der Waals surface area contributed by atoms with Gasteiger partial charge in [-0.15, -0.1) is 0 Å². The van der Waals surface area contributed by atoms with Gasteiger partial charge in [0, 0.05) is 18.8 Å². The molecule has 124 valence electrons. The fraction of sp³-hybridized carbons (Fsp3) is 0.500. The molecule has 1 aromatic carbocycles. The largest absolute Gasteiger partial charge is 0.382 e. The van der Waals surface area contributed by atoms with Gasteiger partial charge in [-0.2, -0.15) is 0 Å². The smallest absolute Gasteiger partial charge is 0.250 e. The molecule has 22 heavy (non-hydrogen) atoms. The van der Waals surface area contributed by atoms with Gasteiger partial charge < -0.3 is 14.8 Å². The Kier molecular flexibility index (Phi) is 7.46. The maximum Gasteiger partial charge on any atom is 0.250 e. The molecule has 0 atom stereocenters. The van der Waals surface area contributed by atoms with E-state index in [1.807, 2.05) is 0 Å². The summed E-state index contributed by atoms with van der Waals surface area (Å²) in [5, 5.41) is 2.62. The van der Waals surface area contributed by atoms with Crippen LogP contribution in [0.4, 0.5) is 5.69 Å². The molecule has 2 N–H and O–H groups in total. The Morgan fingerprint density at radius 2 is 1.82 bits per heavy atom. The molecule has 8 heteroatoms. The predicted octanol–water partition coefficient (Wildman–Crippen LogP) is 0.975. The SMILES string of the molecule is COCCOCC(=O)Nc1ccc(S(=O)(=O)NC(C)C)cc1. The predicted molar refractivity (Wildman–Crippen MR) is 83.2 cm³/mol. The molecule has 0 saturated heterocycles. The van der Waals surface area contributed by atoms with Gasteiger partial charge in [-0.25, -0.2) is 13.1 Å². The van der Waals surface area contributed by atoms with Crippen LogP contribution in [0.15, 0.2) is 29.2 Å². The molecule has 1 rings (SSSR count). The molecule has 1 amide bonds. The number of benzene rings is 1. The highest BCUT2D eigenvalue weighted by Crippen LogP contribution is 2.14. The minimum Gasteiger partial charge on any atom is -0.382 e. The van der Waals surface area contributed by atoms with Crippen molar-refractivity contribution in [1.82, 2.24) is 4.72 Å². The van der Waals surface area contributed by atoms with Crippen molar-refractivity contribution in [2.45, 2.75) is 24.8 Å². The average Bonchev–Trinajstić information content (AvgIpc) is 2.43. The van der Waals surface area contributed by atoms with Crippen LogP contribution >= 0.6 is 0 Å². The van der Waals surface area contributed by atoms with Gasteiger partial charge in [0.2, 0.25) is 15.9 Å². The molecule has 0 aromatic heterocycles. The van der Waals surface area contributed by atoms with Gasteiger partial charge in [0.1, 0.15) is 6.61 Å². The second kappa shape index (κ2) is 8.84. The van der Waals surface area contributed by atoms with E-state index in [0.717, 1.165) is 0 Å². The average molecular weight is 330 g/mol. The summed E-state index contributed by atoms with van der Waals surface area (Å²) in [7, 11) is -1.98. The summed E-state index contributed by atoms with van der Waals surface area (Å²) < 4.78 is 36.3. The number of hydrogen-bond donors (Lipinski definition) is 2. The topological polar surface area (TPSA) is 93.7 Å². The standard InChI is InChI=1S/C14H22N2O5S/c1-11(2)16-22(18,19)13-6-4-12(5-7-13)15-14(17)10-21-9-8-20-3/h4-7,11,16H,8-10H2,1-3H3,(H,15,17). The van der Waals surface area contributed by atoms with E-state index in [2.05, 4.69) is 10.0 Å². The first-order chi connectivity index (χ1) is 10.3. The number of carbonyl (C=O) groups excluding carboxylic acids is 1. The fourth-order valence-corrected chi connectivity index (χ4v) is 2.85. The number of anilines is 1. The molecule has 0 spiro atoms. The number of hydrogen-bond acceptors (Lipinski definition) is 5. The third-order valence-corrected chi connectivity index (χ3v) is 4.18. The Balaban J connectivity index is 2.56. The van der Waals surface area contributed by atoms with E-state index in [1.165, 1.54) is 24.3 Å². The first-order valence-electron chi connectivity index (χ1n) is 6.84. The lowest BCUT2D eigenvalue weighted by Gasteiger charge is -2.10. The van der Waals surface area contributed by atoms with Crippen LogP contribution in [0.2, 0.25) is 0 Å². The Hall–Kier alpha value is -1.48. The van der Waals surface area contributed by atoms with Crippen molar-refractivity contribution in [2.24, 2.45) is 0 Å². The Bertz CT molecular complexity index is 569. The van der Waals surface area contributed by atoms with Crippen LogP contribution in [0, 0.1) is 0 Å². The third-order valence-electron chi connectivity index (χ3n) is 2.50. The molecule has 0 heterocycles. The summed E-state index contributed by atoms with van der Waals surface area (Å²) in [4.78, 5) is 11.7. The highest BCUT2D eigenvalue weighted by molar-refractivity contribution is 7.89. The third kappa shape index (κ3) is 6.52. The lowest BCUT2D eigenvalue weighted by atomic mass is 10.3. The van der Waals surface area contributed by atoms with Crippen LogP contribution < -0.4 is 10.0 Å². The first kappa shape index (κ1) is 18.6. The zero-order chi connectivity index (χ0) is 16.6. The minimum atomic E-state index is -3.53.